The fraction of sp³-hybridized carbons (Fsp3) is 0.643. The van der Waals surface area contributed by atoms with E-state index in [1.165, 1.54) is 7.11 Å². The molecule has 0 aliphatic heterocycles. The van der Waals surface area contributed by atoms with Crippen molar-refractivity contribution in [1.82, 2.24) is 9.97 Å². The molecule has 5 nitrogen and oxygen atoms in total. The van der Waals surface area contributed by atoms with Crippen molar-refractivity contribution in [3.8, 4) is 0 Å². The first kappa shape index (κ1) is 15.4. The maximum atomic E-state index is 11.1. The summed E-state index contributed by atoms with van der Waals surface area (Å²) in [6.45, 7) is 6.90. The fourth-order valence-corrected chi connectivity index (χ4v) is 1.71. The van der Waals surface area contributed by atoms with Gasteiger partial charge in [-0.1, -0.05) is 13.8 Å². The molecule has 0 bridgehead atoms. The smallest absolute Gasteiger partial charge is 0.305 e. The SMILES string of the molecule is COC(=O)CCCN(C)c1cc(C)nc(C(C)C)n1. The standard InChI is InChI=1S/C14H23N3O2/c1-10(2)14-15-11(3)9-12(16-14)17(4)8-6-7-13(18)19-5/h9-10H,6-8H2,1-5H3. The fourth-order valence-electron chi connectivity index (χ4n) is 1.71. The summed E-state index contributed by atoms with van der Waals surface area (Å²) in [4.78, 5) is 22.1. The van der Waals surface area contributed by atoms with E-state index in [1.54, 1.807) is 0 Å². The van der Waals surface area contributed by atoms with Crippen molar-refractivity contribution in [3.05, 3.63) is 17.6 Å². The van der Waals surface area contributed by atoms with Crippen molar-refractivity contribution >= 4 is 11.8 Å². The molecule has 1 aromatic heterocycles. The molecule has 0 saturated heterocycles. The van der Waals surface area contributed by atoms with Crippen molar-refractivity contribution < 1.29 is 9.53 Å². The Morgan fingerprint density at radius 2 is 2.11 bits per heavy atom. The third kappa shape index (κ3) is 4.85. The Kier molecular flexibility index (Phi) is 5.73. The number of rotatable bonds is 6. The van der Waals surface area contributed by atoms with Gasteiger partial charge in [0.05, 0.1) is 7.11 Å². The second-order valence-electron chi connectivity index (χ2n) is 4.98. The van der Waals surface area contributed by atoms with Gasteiger partial charge >= 0.3 is 5.97 Å². The average molecular weight is 265 g/mol. The topological polar surface area (TPSA) is 55.3 Å². The van der Waals surface area contributed by atoms with Crippen LogP contribution in [0.4, 0.5) is 5.82 Å². The lowest BCUT2D eigenvalue weighted by molar-refractivity contribution is -0.140. The molecule has 0 aromatic carbocycles. The van der Waals surface area contributed by atoms with Gasteiger partial charge in [0.1, 0.15) is 11.6 Å². The van der Waals surface area contributed by atoms with Crippen molar-refractivity contribution in [1.29, 1.82) is 0 Å². The summed E-state index contributed by atoms with van der Waals surface area (Å²) in [6.07, 6.45) is 1.19. The Balaban J connectivity index is 2.66. The quantitative estimate of drug-likeness (QED) is 0.739. The molecule has 0 aliphatic rings. The maximum Gasteiger partial charge on any atom is 0.305 e. The Bertz CT molecular complexity index is 433. The highest BCUT2D eigenvalue weighted by atomic mass is 16.5. The monoisotopic (exact) mass is 265 g/mol. The van der Waals surface area contributed by atoms with E-state index in [0.717, 1.165) is 30.3 Å². The van der Waals surface area contributed by atoms with Crippen LogP contribution in [0.25, 0.3) is 0 Å². The molecule has 106 valence electrons. The predicted molar refractivity (Wildman–Crippen MR) is 75.4 cm³/mol. The molecule has 1 heterocycles. The third-order valence-corrected chi connectivity index (χ3v) is 2.87. The van der Waals surface area contributed by atoms with Gasteiger partial charge in [0.25, 0.3) is 0 Å². The van der Waals surface area contributed by atoms with E-state index in [0.29, 0.717) is 12.3 Å². The Morgan fingerprint density at radius 3 is 2.68 bits per heavy atom. The van der Waals surface area contributed by atoms with Crippen LogP contribution in [0.1, 0.15) is 44.1 Å². The van der Waals surface area contributed by atoms with Crippen LogP contribution >= 0.6 is 0 Å². The van der Waals surface area contributed by atoms with Crippen LogP contribution in [0.2, 0.25) is 0 Å². The molecule has 5 heteroatoms. The number of anilines is 1. The Hall–Kier alpha value is -1.65. The van der Waals surface area contributed by atoms with Gasteiger partial charge in [-0.15, -0.1) is 0 Å². The number of carbonyl (C=O) groups is 1. The molecule has 0 spiro atoms. The van der Waals surface area contributed by atoms with Crippen LogP contribution < -0.4 is 4.90 Å². The minimum Gasteiger partial charge on any atom is -0.469 e. The molecular formula is C14H23N3O2. The molecule has 0 unspecified atom stereocenters. The number of aromatic nitrogens is 2. The summed E-state index contributed by atoms with van der Waals surface area (Å²) in [6, 6.07) is 1.96. The zero-order valence-corrected chi connectivity index (χ0v) is 12.4. The van der Waals surface area contributed by atoms with Crippen molar-refractivity contribution in [3.63, 3.8) is 0 Å². The highest BCUT2D eigenvalue weighted by molar-refractivity contribution is 5.69. The van der Waals surface area contributed by atoms with Gasteiger partial charge in [0.2, 0.25) is 0 Å². The normalized spacial score (nSPS) is 10.6. The molecule has 1 aromatic rings. The van der Waals surface area contributed by atoms with E-state index in [4.69, 9.17) is 0 Å². The lowest BCUT2D eigenvalue weighted by Gasteiger charge is -2.19. The lowest BCUT2D eigenvalue weighted by Crippen LogP contribution is -2.21. The molecule has 0 aliphatic carbocycles. The van der Waals surface area contributed by atoms with E-state index in [-0.39, 0.29) is 5.97 Å². The van der Waals surface area contributed by atoms with E-state index in [1.807, 2.05) is 24.9 Å². The van der Waals surface area contributed by atoms with Gasteiger partial charge in [0, 0.05) is 37.7 Å². The number of hydrogen-bond acceptors (Lipinski definition) is 5. The van der Waals surface area contributed by atoms with Gasteiger partial charge in [-0.3, -0.25) is 4.79 Å². The third-order valence-electron chi connectivity index (χ3n) is 2.87. The summed E-state index contributed by atoms with van der Waals surface area (Å²) >= 11 is 0. The van der Waals surface area contributed by atoms with Crippen molar-refractivity contribution in [2.45, 2.75) is 39.5 Å². The van der Waals surface area contributed by atoms with E-state index < -0.39 is 0 Å². The summed E-state index contributed by atoms with van der Waals surface area (Å²) < 4.78 is 4.62. The van der Waals surface area contributed by atoms with E-state index in [9.17, 15) is 4.79 Å². The van der Waals surface area contributed by atoms with Crippen LogP contribution in [0, 0.1) is 6.92 Å². The minimum absolute atomic E-state index is 0.171. The molecule has 1 rings (SSSR count). The van der Waals surface area contributed by atoms with Crippen LogP contribution in [-0.4, -0.2) is 36.6 Å². The number of hydrogen-bond donors (Lipinski definition) is 0. The predicted octanol–water partition coefficient (Wildman–Crippen LogP) is 2.30. The highest BCUT2D eigenvalue weighted by Gasteiger charge is 2.10. The zero-order chi connectivity index (χ0) is 14.4. The number of methoxy groups -OCH3 is 1. The van der Waals surface area contributed by atoms with Gasteiger partial charge in [-0.2, -0.15) is 0 Å². The van der Waals surface area contributed by atoms with E-state index >= 15 is 0 Å². The Morgan fingerprint density at radius 1 is 1.42 bits per heavy atom. The summed E-state index contributed by atoms with van der Waals surface area (Å²) in [5.41, 5.74) is 0.966. The summed E-state index contributed by atoms with van der Waals surface area (Å²) in [7, 11) is 3.39. The molecule has 0 radical (unpaired) electrons. The van der Waals surface area contributed by atoms with Crippen LogP contribution in [0.15, 0.2) is 6.07 Å². The molecule has 0 atom stereocenters. The minimum atomic E-state index is -0.171. The largest absolute Gasteiger partial charge is 0.469 e. The first-order chi connectivity index (χ1) is 8.93. The number of aryl methyl sites for hydroxylation is 1. The first-order valence-corrected chi connectivity index (χ1v) is 6.57. The second-order valence-corrected chi connectivity index (χ2v) is 4.98. The van der Waals surface area contributed by atoms with Crippen LogP contribution in [0.3, 0.4) is 0 Å². The number of esters is 1. The molecule has 19 heavy (non-hydrogen) atoms. The molecule has 0 N–H and O–H groups in total. The van der Waals surface area contributed by atoms with Gasteiger partial charge in [-0.05, 0) is 13.3 Å². The summed E-state index contributed by atoms with van der Waals surface area (Å²) in [5, 5.41) is 0. The first-order valence-electron chi connectivity index (χ1n) is 6.57. The second kappa shape index (κ2) is 7.07. The highest BCUT2D eigenvalue weighted by Crippen LogP contribution is 2.16. The number of carbonyl (C=O) groups excluding carboxylic acids is 1. The van der Waals surface area contributed by atoms with Gasteiger partial charge in [-0.25, -0.2) is 9.97 Å². The van der Waals surface area contributed by atoms with E-state index in [2.05, 4.69) is 28.6 Å². The van der Waals surface area contributed by atoms with Crippen molar-refractivity contribution in [2.24, 2.45) is 0 Å². The molecule has 0 fully saturated rings. The molecular weight excluding hydrogens is 242 g/mol. The van der Waals surface area contributed by atoms with Gasteiger partial charge in [0.15, 0.2) is 0 Å². The van der Waals surface area contributed by atoms with Crippen LogP contribution in [0.5, 0.6) is 0 Å². The molecule has 0 amide bonds. The average Bonchev–Trinajstić information content (AvgIpc) is 2.37. The van der Waals surface area contributed by atoms with Crippen molar-refractivity contribution in [2.75, 3.05) is 25.6 Å². The zero-order valence-electron chi connectivity index (χ0n) is 12.4. The van der Waals surface area contributed by atoms with Crippen LogP contribution in [-0.2, 0) is 9.53 Å². The molecule has 0 saturated carbocycles. The number of ether oxygens (including phenoxy) is 1. The summed E-state index contributed by atoms with van der Waals surface area (Å²) in [5.74, 6) is 1.90. The maximum absolute atomic E-state index is 11.1. The lowest BCUT2D eigenvalue weighted by atomic mass is 10.2. The number of nitrogens with zero attached hydrogens (tertiary/aromatic N) is 3. The van der Waals surface area contributed by atoms with Gasteiger partial charge < -0.3 is 9.64 Å². The Labute approximate surface area is 115 Å².